The number of hydrogen-bond acceptors (Lipinski definition) is 4. The minimum atomic E-state index is -4.15. The number of fused-ring (bicyclic) bond motifs is 3. The van der Waals surface area contributed by atoms with Crippen LogP contribution in [-0.4, -0.2) is 27.2 Å². The number of halogens is 3. The third-order valence-electron chi connectivity index (χ3n) is 5.83. The van der Waals surface area contributed by atoms with Crippen LogP contribution >= 0.6 is 11.6 Å². The van der Waals surface area contributed by atoms with E-state index in [9.17, 15) is 12.8 Å². The second-order valence-electron chi connectivity index (χ2n) is 7.65. The van der Waals surface area contributed by atoms with Gasteiger partial charge in [0.05, 0.1) is 22.7 Å². The molecule has 1 saturated heterocycles. The lowest BCUT2D eigenvalue weighted by molar-refractivity contribution is -0.130. The summed E-state index contributed by atoms with van der Waals surface area (Å²) in [5.41, 5.74) is -1.18. The van der Waals surface area contributed by atoms with E-state index in [4.69, 9.17) is 21.1 Å². The van der Waals surface area contributed by atoms with Crippen molar-refractivity contribution in [1.29, 1.82) is 0 Å². The highest BCUT2D eigenvalue weighted by Gasteiger charge is 2.63. The molecule has 0 aromatic heterocycles. The molecular weight excluding hydrogens is 410 g/mol. The summed E-state index contributed by atoms with van der Waals surface area (Å²) in [6, 6.07) is 7.60. The van der Waals surface area contributed by atoms with E-state index in [-0.39, 0.29) is 35.8 Å². The Morgan fingerprint density at radius 2 is 1.71 bits per heavy atom. The van der Waals surface area contributed by atoms with E-state index in [2.05, 4.69) is 0 Å². The molecule has 4 rings (SSSR count). The normalized spacial score (nSPS) is 26.1. The molecule has 1 fully saturated rings. The molecule has 0 spiro atoms. The van der Waals surface area contributed by atoms with Crippen LogP contribution in [0.3, 0.4) is 0 Å². The fourth-order valence-electron chi connectivity index (χ4n) is 4.45. The maximum Gasteiger partial charge on any atom is 0.189 e. The quantitative estimate of drug-likeness (QED) is 0.707. The molecule has 0 aliphatic carbocycles. The van der Waals surface area contributed by atoms with E-state index in [0.29, 0.717) is 5.02 Å². The fraction of sp³-hybridized carbons (Fsp3) is 0.400. The molecule has 0 N–H and O–H groups in total. The summed E-state index contributed by atoms with van der Waals surface area (Å²) < 4.78 is 67.0. The van der Waals surface area contributed by atoms with Gasteiger partial charge < -0.3 is 9.47 Å². The van der Waals surface area contributed by atoms with E-state index in [1.807, 2.05) is 0 Å². The van der Waals surface area contributed by atoms with Gasteiger partial charge in [-0.2, -0.15) is 0 Å². The predicted octanol–water partition coefficient (Wildman–Crippen LogP) is 4.49. The Balaban J connectivity index is 2.07. The number of benzene rings is 2. The molecule has 0 radical (unpaired) electrons. The number of rotatable bonds is 2. The molecule has 0 bridgehead atoms. The van der Waals surface area contributed by atoms with Gasteiger partial charge in [0, 0.05) is 17.5 Å². The molecule has 2 aromatic rings. The average molecular weight is 429 g/mol. The van der Waals surface area contributed by atoms with E-state index in [1.165, 1.54) is 24.3 Å². The van der Waals surface area contributed by atoms with Crippen molar-refractivity contribution in [2.75, 3.05) is 13.2 Å². The maximum atomic E-state index is 15.1. The average Bonchev–Trinajstić information content (AvgIpc) is 2.64. The monoisotopic (exact) mass is 428 g/mol. The van der Waals surface area contributed by atoms with Crippen LogP contribution in [0.15, 0.2) is 41.3 Å². The minimum absolute atomic E-state index is 0.00360. The summed E-state index contributed by atoms with van der Waals surface area (Å²) in [4.78, 5) is -0.00360. The molecule has 8 heteroatoms. The standard InChI is InChI=1S/C20H19ClF2O4S/c1-19(2)16-11-26-18-15(23)8-7-14(22)17(18)20(16,9-10-27-19)28(24,25)13-5-3-12(21)4-6-13/h3-8,16H,9-11H2,1-2H3/t16-,20-/m1/s1. The summed E-state index contributed by atoms with van der Waals surface area (Å²) in [5.74, 6) is -2.68. The van der Waals surface area contributed by atoms with Crippen LogP contribution in [0.4, 0.5) is 8.78 Å². The topological polar surface area (TPSA) is 52.6 Å². The van der Waals surface area contributed by atoms with Gasteiger partial charge in [-0.1, -0.05) is 11.6 Å². The number of sulfone groups is 1. The lowest BCUT2D eigenvalue weighted by atomic mass is 9.71. The Bertz CT molecular complexity index is 1040. The van der Waals surface area contributed by atoms with Gasteiger partial charge in [-0.3, -0.25) is 0 Å². The Labute approximate surface area is 167 Å². The number of hydrogen-bond donors (Lipinski definition) is 0. The van der Waals surface area contributed by atoms with E-state index >= 15 is 4.39 Å². The highest BCUT2D eigenvalue weighted by molar-refractivity contribution is 7.92. The third kappa shape index (κ3) is 2.60. The van der Waals surface area contributed by atoms with Crippen LogP contribution < -0.4 is 4.74 Å². The lowest BCUT2D eigenvalue weighted by Gasteiger charge is -2.53. The van der Waals surface area contributed by atoms with Gasteiger partial charge in [-0.05, 0) is 56.7 Å². The highest BCUT2D eigenvalue weighted by atomic mass is 35.5. The van der Waals surface area contributed by atoms with Crippen molar-refractivity contribution in [1.82, 2.24) is 0 Å². The first-order valence-electron chi connectivity index (χ1n) is 8.87. The summed E-state index contributed by atoms with van der Waals surface area (Å²) in [7, 11) is -4.15. The van der Waals surface area contributed by atoms with E-state index < -0.39 is 37.7 Å². The van der Waals surface area contributed by atoms with Gasteiger partial charge in [-0.25, -0.2) is 17.2 Å². The van der Waals surface area contributed by atoms with Crippen LogP contribution in [0, 0.1) is 17.6 Å². The van der Waals surface area contributed by atoms with Crippen molar-refractivity contribution in [3.8, 4) is 5.75 Å². The van der Waals surface area contributed by atoms with Crippen LogP contribution in [0.2, 0.25) is 5.02 Å². The molecular formula is C20H19ClF2O4S. The van der Waals surface area contributed by atoms with Crippen LogP contribution in [0.1, 0.15) is 25.8 Å². The Morgan fingerprint density at radius 1 is 1.07 bits per heavy atom. The van der Waals surface area contributed by atoms with Crippen molar-refractivity contribution in [3.63, 3.8) is 0 Å². The second-order valence-corrected chi connectivity index (χ2v) is 10.3. The van der Waals surface area contributed by atoms with Crippen molar-refractivity contribution in [2.24, 2.45) is 5.92 Å². The van der Waals surface area contributed by atoms with Crippen molar-refractivity contribution in [2.45, 2.75) is 35.5 Å². The Kier molecular flexibility index (Phi) is 4.48. The molecule has 2 aliphatic heterocycles. The molecule has 0 amide bonds. The van der Waals surface area contributed by atoms with E-state index in [1.54, 1.807) is 13.8 Å². The van der Waals surface area contributed by atoms with Crippen LogP contribution in [-0.2, 0) is 19.3 Å². The van der Waals surface area contributed by atoms with Crippen molar-refractivity contribution < 1.29 is 26.7 Å². The molecule has 28 heavy (non-hydrogen) atoms. The zero-order valence-corrected chi connectivity index (χ0v) is 16.9. The Hall–Kier alpha value is -1.70. The first-order chi connectivity index (χ1) is 13.1. The molecule has 0 unspecified atom stereocenters. The Morgan fingerprint density at radius 3 is 2.39 bits per heavy atom. The minimum Gasteiger partial charge on any atom is -0.490 e. The SMILES string of the molecule is CC1(C)OCC[C@]2(S(=O)(=O)c3ccc(Cl)cc3)c3c(F)ccc(F)c3OC[C@H]12. The van der Waals surface area contributed by atoms with Gasteiger partial charge in [-0.15, -0.1) is 0 Å². The number of ether oxygens (including phenoxy) is 2. The molecule has 150 valence electrons. The summed E-state index contributed by atoms with van der Waals surface area (Å²) in [5, 5.41) is 0.380. The first-order valence-corrected chi connectivity index (χ1v) is 10.7. The van der Waals surface area contributed by atoms with Gasteiger partial charge in [0.1, 0.15) is 10.6 Å². The van der Waals surface area contributed by atoms with Gasteiger partial charge in [0.15, 0.2) is 21.4 Å². The highest BCUT2D eigenvalue weighted by Crippen LogP contribution is 2.57. The van der Waals surface area contributed by atoms with Crippen LogP contribution in [0.5, 0.6) is 5.75 Å². The molecule has 4 nitrogen and oxygen atoms in total. The predicted molar refractivity (Wildman–Crippen MR) is 100 cm³/mol. The van der Waals surface area contributed by atoms with Gasteiger partial charge in [0.2, 0.25) is 0 Å². The fourth-order valence-corrected chi connectivity index (χ4v) is 7.03. The van der Waals surface area contributed by atoms with Gasteiger partial charge >= 0.3 is 0 Å². The lowest BCUT2D eigenvalue weighted by Crippen LogP contribution is -2.61. The summed E-state index contributed by atoms with van der Waals surface area (Å²) in [6.07, 6.45) is -0.0111. The first kappa shape index (κ1) is 19.6. The third-order valence-corrected chi connectivity index (χ3v) is 8.63. The zero-order valence-electron chi connectivity index (χ0n) is 15.3. The molecule has 2 heterocycles. The summed E-state index contributed by atoms with van der Waals surface area (Å²) in [6.45, 7) is 3.47. The molecule has 0 saturated carbocycles. The molecule has 2 aromatic carbocycles. The summed E-state index contributed by atoms with van der Waals surface area (Å²) >= 11 is 5.91. The smallest absolute Gasteiger partial charge is 0.189 e. The van der Waals surface area contributed by atoms with Crippen LogP contribution in [0.25, 0.3) is 0 Å². The second kappa shape index (κ2) is 6.40. The van der Waals surface area contributed by atoms with Crippen molar-refractivity contribution in [3.05, 3.63) is 58.6 Å². The van der Waals surface area contributed by atoms with E-state index in [0.717, 1.165) is 12.1 Å². The molecule has 2 atom stereocenters. The maximum absolute atomic E-state index is 15.1. The largest absolute Gasteiger partial charge is 0.490 e. The van der Waals surface area contributed by atoms with Crippen molar-refractivity contribution >= 4 is 21.4 Å². The van der Waals surface area contributed by atoms with Gasteiger partial charge in [0.25, 0.3) is 0 Å². The molecule has 2 aliphatic rings. The zero-order chi connectivity index (χ0) is 20.3.